The minimum Gasteiger partial charge on any atom is -0.473 e. The third-order valence-corrected chi connectivity index (χ3v) is 2.78. The number of rotatable bonds is 4. The van der Waals surface area contributed by atoms with Crippen LogP contribution in [0.2, 0.25) is 5.15 Å². The molecule has 1 aromatic heterocycles. The molecule has 0 aromatic carbocycles. The van der Waals surface area contributed by atoms with E-state index in [2.05, 4.69) is 15.5 Å². The van der Waals surface area contributed by atoms with Gasteiger partial charge >= 0.3 is 0 Å². The summed E-state index contributed by atoms with van der Waals surface area (Å²) >= 11 is 5.62. The van der Waals surface area contributed by atoms with Crippen LogP contribution in [0.5, 0.6) is 5.88 Å². The van der Waals surface area contributed by atoms with Crippen LogP contribution < -0.4 is 10.1 Å². The Morgan fingerprint density at radius 3 is 2.87 bits per heavy atom. The minimum absolute atomic E-state index is 0.291. The van der Waals surface area contributed by atoms with Crippen LogP contribution in [0, 0.1) is 5.92 Å². The molecule has 0 bridgehead atoms. The van der Waals surface area contributed by atoms with Crippen LogP contribution >= 0.6 is 11.6 Å². The van der Waals surface area contributed by atoms with Crippen molar-refractivity contribution >= 4 is 11.6 Å². The Hall–Kier alpha value is -0.870. The van der Waals surface area contributed by atoms with Gasteiger partial charge in [-0.2, -0.15) is 0 Å². The molecule has 82 valence electrons. The van der Waals surface area contributed by atoms with Crippen molar-refractivity contribution in [2.75, 3.05) is 13.6 Å². The van der Waals surface area contributed by atoms with E-state index in [-0.39, 0.29) is 0 Å². The third-order valence-electron chi connectivity index (χ3n) is 2.58. The number of hydrogen-bond donors (Lipinski definition) is 1. The van der Waals surface area contributed by atoms with Gasteiger partial charge in [-0.15, -0.1) is 10.2 Å². The Morgan fingerprint density at radius 2 is 2.27 bits per heavy atom. The van der Waals surface area contributed by atoms with Crippen molar-refractivity contribution in [3.05, 3.63) is 17.3 Å². The summed E-state index contributed by atoms with van der Waals surface area (Å²) in [7, 11) is 1.97. The quantitative estimate of drug-likeness (QED) is 0.847. The molecule has 0 radical (unpaired) electrons. The molecule has 1 aromatic rings. The molecule has 1 aliphatic rings. The second kappa shape index (κ2) is 4.77. The maximum absolute atomic E-state index is 5.62. The van der Waals surface area contributed by atoms with Gasteiger partial charge in [0.15, 0.2) is 5.15 Å². The molecule has 2 rings (SSSR count). The molecule has 1 heterocycles. The summed E-state index contributed by atoms with van der Waals surface area (Å²) in [4.78, 5) is 0. The van der Waals surface area contributed by atoms with Gasteiger partial charge < -0.3 is 10.1 Å². The van der Waals surface area contributed by atoms with Crippen LogP contribution in [0.1, 0.15) is 12.8 Å². The number of nitrogens with one attached hydrogen (secondary N) is 1. The van der Waals surface area contributed by atoms with Gasteiger partial charge in [0.1, 0.15) is 6.10 Å². The number of aromatic nitrogens is 2. The summed E-state index contributed by atoms with van der Waals surface area (Å²) < 4.78 is 5.62. The lowest BCUT2D eigenvalue weighted by molar-refractivity contribution is 0.0608. The average Bonchev–Trinajstić information content (AvgIpc) is 2.18. The molecule has 15 heavy (non-hydrogen) atoms. The van der Waals surface area contributed by atoms with Gasteiger partial charge in [0.05, 0.1) is 0 Å². The van der Waals surface area contributed by atoms with Gasteiger partial charge in [0, 0.05) is 6.07 Å². The fraction of sp³-hybridized carbons (Fsp3) is 0.600. The topological polar surface area (TPSA) is 47.0 Å². The minimum atomic E-state index is 0.291. The van der Waals surface area contributed by atoms with E-state index in [4.69, 9.17) is 16.3 Å². The van der Waals surface area contributed by atoms with Crippen LogP contribution in [0.25, 0.3) is 0 Å². The first-order valence-electron chi connectivity index (χ1n) is 5.08. The van der Waals surface area contributed by atoms with Crippen LogP contribution in [-0.2, 0) is 0 Å². The van der Waals surface area contributed by atoms with E-state index in [0.29, 0.717) is 17.1 Å². The van der Waals surface area contributed by atoms with Gasteiger partial charge in [-0.1, -0.05) is 11.6 Å². The molecule has 0 amide bonds. The molecular weight excluding hydrogens is 214 g/mol. The van der Waals surface area contributed by atoms with E-state index < -0.39 is 0 Å². The Bertz CT molecular complexity index is 311. The highest BCUT2D eigenvalue weighted by molar-refractivity contribution is 6.29. The lowest BCUT2D eigenvalue weighted by atomic mass is 9.82. The Labute approximate surface area is 94.0 Å². The van der Waals surface area contributed by atoms with Crippen molar-refractivity contribution in [3.8, 4) is 5.88 Å². The molecule has 4 nitrogen and oxygen atoms in total. The maximum Gasteiger partial charge on any atom is 0.233 e. The van der Waals surface area contributed by atoms with Crippen LogP contribution in [0.4, 0.5) is 0 Å². The van der Waals surface area contributed by atoms with Crippen LogP contribution in [0.15, 0.2) is 12.1 Å². The average molecular weight is 228 g/mol. The van der Waals surface area contributed by atoms with E-state index in [0.717, 1.165) is 25.3 Å². The van der Waals surface area contributed by atoms with Crippen molar-refractivity contribution in [2.24, 2.45) is 5.92 Å². The number of hydrogen-bond acceptors (Lipinski definition) is 4. The maximum atomic E-state index is 5.62. The lowest BCUT2D eigenvalue weighted by Crippen LogP contribution is -2.38. The fourth-order valence-corrected chi connectivity index (χ4v) is 1.86. The van der Waals surface area contributed by atoms with Gasteiger partial charge in [-0.05, 0) is 38.4 Å². The standard InChI is InChI=1S/C10H14ClN3O/c1-12-6-7-4-8(5-7)15-10-3-2-9(11)13-14-10/h2-3,7-8,12H,4-6H2,1H3. The monoisotopic (exact) mass is 227 g/mol. The zero-order valence-electron chi connectivity index (χ0n) is 8.61. The van der Waals surface area contributed by atoms with Crippen LogP contribution in [-0.4, -0.2) is 29.9 Å². The molecule has 1 fully saturated rings. The predicted molar refractivity (Wildman–Crippen MR) is 58.1 cm³/mol. The Balaban J connectivity index is 1.77. The van der Waals surface area contributed by atoms with E-state index in [1.54, 1.807) is 12.1 Å². The molecule has 1 aliphatic carbocycles. The fourth-order valence-electron chi connectivity index (χ4n) is 1.76. The molecule has 0 atom stereocenters. The van der Waals surface area contributed by atoms with E-state index in [1.807, 2.05) is 7.05 Å². The normalized spacial score (nSPS) is 24.7. The number of ether oxygens (including phenoxy) is 1. The summed E-state index contributed by atoms with van der Waals surface area (Å²) in [5.41, 5.74) is 0. The zero-order valence-corrected chi connectivity index (χ0v) is 9.37. The highest BCUT2D eigenvalue weighted by Crippen LogP contribution is 2.30. The number of halogens is 1. The van der Waals surface area contributed by atoms with E-state index in [1.165, 1.54) is 0 Å². The second-order valence-electron chi connectivity index (χ2n) is 3.83. The highest BCUT2D eigenvalue weighted by Gasteiger charge is 2.30. The SMILES string of the molecule is CNCC1CC(Oc2ccc(Cl)nn2)C1. The summed E-state index contributed by atoms with van der Waals surface area (Å²) in [6.45, 7) is 1.06. The van der Waals surface area contributed by atoms with Crippen molar-refractivity contribution in [2.45, 2.75) is 18.9 Å². The summed E-state index contributed by atoms with van der Waals surface area (Å²) in [5, 5.41) is 11.1. The van der Waals surface area contributed by atoms with E-state index in [9.17, 15) is 0 Å². The molecule has 0 unspecified atom stereocenters. The predicted octanol–water partition coefficient (Wildman–Crippen LogP) is 1.51. The summed E-state index contributed by atoms with van der Waals surface area (Å²) in [6, 6.07) is 3.44. The van der Waals surface area contributed by atoms with Crippen LogP contribution in [0.3, 0.4) is 0 Å². The number of nitrogens with zero attached hydrogens (tertiary/aromatic N) is 2. The van der Waals surface area contributed by atoms with Gasteiger partial charge in [-0.25, -0.2) is 0 Å². The van der Waals surface area contributed by atoms with Gasteiger partial charge in [0.25, 0.3) is 0 Å². The Kier molecular flexibility index (Phi) is 3.38. The summed E-state index contributed by atoms with van der Waals surface area (Å²) in [5.74, 6) is 1.30. The van der Waals surface area contributed by atoms with Gasteiger partial charge in [-0.3, -0.25) is 0 Å². The van der Waals surface area contributed by atoms with Crippen molar-refractivity contribution in [3.63, 3.8) is 0 Å². The van der Waals surface area contributed by atoms with Crippen molar-refractivity contribution < 1.29 is 4.74 Å². The largest absolute Gasteiger partial charge is 0.473 e. The first-order valence-corrected chi connectivity index (χ1v) is 5.46. The van der Waals surface area contributed by atoms with Gasteiger partial charge in [0.2, 0.25) is 5.88 Å². The zero-order chi connectivity index (χ0) is 10.7. The molecule has 0 saturated heterocycles. The third kappa shape index (κ3) is 2.79. The molecular formula is C10H14ClN3O. The molecule has 1 N–H and O–H groups in total. The molecule has 0 aliphatic heterocycles. The Morgan fingerprint density at radius 1 is 1.47 bits per heavy atom. The first kappa shape index (κ1) is 10.6. The lowest BCUT2D eigenvalue weighted by Gasteiger charge is -2.34. The van der Waals surface area contributed by atoms with Crippen molar-refractivity contribution in [1.82, 2.24) is 15.5 Å². The molecule has 0 spiro atoms. The first-order chi connectivity index (χ1) is 7.28. The van der Waals surface area contributed by atoms with Crippen molar-refractivity contribution in [1.29, 1.82) is 0 Å². The smallest absolute Gasteiger partial charge is 0.233 e. The second-order valence-corrected chi connectivity index (χ2v) is 4.22. The summed E-state index contributed by atoms with van der Waals surface area (Å²) in [6.07, 6.45) is 2.47. The molecule has 5 heteroatoms. The highest BCUT2D eigenvalue weighted by atomic mass is 35.5. The molecule has 1 saturated carbocycles. The van der Waals surface area contributed by atoms with E-state index >= 15 is 0 Å².